The number of nitrogens with zero attached hydrogens (tertiary/aromatic N) is 1. The highest BCUT2D eigenvalue weighted by molar-refractivity contribution is 6.33. The SMILES string of the molecule is COCC(O)CCNc1ccc([N+](=O)[O-])cc1Cl. The van der Waals surface area contributed by atoms with Crippen LogP contribution in [0.3, 0.4) is 0 Å². The number of nitro benzene ring substituents is 1. The fourth-order valence-electron chi connectivity index (χ4n) is 1.41. The molecule has 1 aromatic carbocycles. The number of hydrogen-bond donors (Lipinski definition) is 2. The summed E-state index contributed by atoms with van der Waals surface area (Å²) in [5.41, 5.74) is 0.553. The minimum absolute atomic E-state index is 0.0510. The number of benzene rings is 1. The average molecular weight is 275 g/mol. The third kappa shape index (κ3) is 4.48. The Bertz CT molecular complexity index is 414. The molecule has 1 aromatic rings. The number of aliphatic hydroxyl groups is 1. The van der Waals surface area contributed by atoms with Gasteiger partial charge in [-0.25, -0.2) is 0 Å². The molecule has 0 radical (unpaired) electrons. The first-order valence-corrected chi connectivity index (χ1v) is 5.77. The second-order valence-corrected chi connectivity index (χ2v) is 4.15. The monoisotopic (exact) mass is 274 g/mol. The summed E-state index contributed by atoms with van der Waals surface area (Å²) in [4.78, 5) is 10.0. The molecule has 0 heterocycles. The summed E-state index contributed by atoms with van der Waals surface area (Å²) in [5.74, 6) is 0. The van der Waals surface area contributed by atoms with Gasteiger partial charge in [-0.1, -0.05) is 11.6 Å². The topological polar surface area (TPSA) is 84.6 Å². The minimum Gasteiger partial charge on any atom is -0.391 e. The smallest absolute Gasteiger partial charge is 0.271 e. The first-order chi connectivity index (χ1) is 8.54. The molecular weight excluding hydrogens is 260 g/mol. The van der Waals surface area contributed by atoms with E-state index in [-0.39, 0.29) is 17.3 Å². The molecule has 2 N–H and O–H groups in total. The summed E-state index contributed by atoms with van der Waals surface area (Å²) in [6.45, 7) is 0.776. The van der Waals surface area contributed by atoms with Gasteiger partial charge in [0.25, 0.3) is 5.69 Å². The molecule has 1 atom stereocenters. The Hall–Kier alpha value is -1.37. The maximum atomic E-state index is 10.5. The predicted octanol–water partition coefficient (Wildman–Crippen LogP) is 2.06. The lowest BCUT2D eigenvalue weighted by atomic mass is 10.2. The lowest BCUT2D eigenvalue weighted by molar-refractivity contribution is -0.384. The molecule has 0 aromatic heterocycles. The van der Waals surface area contributed by atoms with Crippen molar-refractivity contribution < 1.29 is 14.8 Å². The third-order valence-corrected chi connectivity index (χ3v) is 2.63. The van der Waals surface area contributed by atoms with Crippen molar-refractivity contribution in [1.82, 2.24) is 0 Å². The quantitative estimate of drug-likeness (QED) is 0.587. The van der Waals surface area contributed by atoms with Gasteiger partial charge in [0.1, 0.15) is 0 Å². The van der Waals surface area contributed by atoms with Gasteiger partial charge in [-0.05, 0) is 12.5 Å². The minimum atomic E-state index is -0.542. The van der Waals surface area contributed by atoms with Gasteiger partial charge < -0.3 is 15.2 Å². The number of rotatable bonds is 7. The van der Waals surface area contributed by atoms with Crippen molar-refractivity contribution >= 4 is 23.0 Å². The predicted molar refractivity (Wildman–Crippen MR) is 69.1 cm³/mol. The molecule has 6 nitrogen and oxygen atoms in total. The van der Waals surface area contributed by atoms with Crippen LogP contribution in [0.25, 0.3) is 0 Å². The van der Waals surface area contributed by atoms with E-state index in [0.29, 0.717) is 18.7 Å². The van der Waals surface area contributed by atoms with Crippen LogP contribution in [0.4, 0.5) is 11.4 Å². The van der Waals surface area contributed by atoms with Gasteiger partial charge in [0, 0.05) is 25.8 Å². The molecule has 100 valence electrons. The Balaban J connectivity index is 2.50. The van der Waals surface area contributed by atoms with E-state index in [0.717, 1.165) is 0 Å². The van der Waals surface area contributed by atoms with Crippen molar-refractivity contribution in [2.45, 2.75) is 12.5 Å². The van der Waals surface area contributed by atoms with Gasteiger partial charge in [0.2, 0.25) is 0 Å². The summed E-state index contributed by atoms with van der Waals surface area (Å²) in [6.07, 6.45) is -0.0411. The van der Waals surface area contributed by atoms with Crippen LogP contribution in [0.2, 0.25) is 5.02 Å². The summed E-state index contributed by atoms with van der Waals surface area (Å²) >= 11 is 5.90. The van der Waals surface area contributed by atoms with Crippen molar-refractivity contribution in [3.63, 3.8) is 0 Å². The standard InChI is InChI=1S/C11H15ClN2O4/c1-18-7-9(15)4-5-13-11-3-2-8(14(16)17)6-10(11)12/h2-3,6,9,13,15H,4-5,7H2,1H3. The van der Waals surface area contributed by atoms with Crippen LogP contribution < -0.4 is 5.32 Å². The van der Waals surface area contributed by atoms with E-state index in [9.17, 15) is 15.2 Å². The zero-order valence-electron chi connectivity index (χ0n) is 9.93. The van der Waals surface area contributed by atoms with Gasteiger partial charge in [0.05, 0.1) is 28.3 Å². The van der Waals surface area contributed by atoms with Crippen LogP contribution in [-0.4, -0.2) is 36.4 Å². The molecule has 7 heteroatoms. The molecule has 0 spiro atoms. The normalized spacial score (nSPS) is 12.2. The summed E-state index contributed by atoms with van der Waals surface area (Å²) in [7, 11) is 1.52. The Morgan fingerprint density at radius 1 is 1.61 bits per heavy atom. The number of ether oxygens (including phenoxy) is 1. The maximum absolute atomic E-state index is 10.5. The first kappa shape index (κ1) is 14.7. The molecule has 0 amide bonds. The molecule has 0 saturated carbocycles. The highest BCUT2D eigenvalue weighted by atomic mass is 35.5. The van der Waals surface area contributed by atoms with E-state index < -0.39 is 11.0 Å². The second kappa shape index (κ2) is 7.15. The van der Waals surface area contributed by atoms with Crippen LogP contribution in [0, 0.1) is 10.1 Å². The molecule has 0 aliphatic rings. The van der Waals surface area contributed by atoms with Gasteiger partial charge in [-0.3, -0.25) is 10.1 Å². The Morgan fingerprint density at radius 3 is 2.89 bits per heavy atom. The summed E-state index contributed by atoms with van der Waals surface area (Å²) < 4.78 is 4.79. The molecule has 1 rings (SSSR count). The van der Waals surface area contributed by atoms with Crippen LogP contribution in [-0.2, 0) is 4.74 Å². The lowest BCUT2D eigenvalue weighted by Gasteiger charge is -2.11. The fraction of sp³-hybridized carbons (Fsp3) is 0.455. The maximum Gasteiger partial charge on any atom is 0.271 e. The Morgan fingerprint density at radius 2 is 2.33 bits per heavy atom. The summed E-state index contributed by atoms with van der Waals surface area (Å²) in [6, 6.07) is 4.21. The van der Waals surface area contributed by atoms with Crippen LogP contribution in [0.5, 0.6) is 0 Å². The largest absolute Gasteiger partial charge is 0.391 e. The van der Waals surface area contributed by atoms with Crippen molar-refractivity contribution in [1.29, 1.82) is 0 Å². The average Bonchev–Trinajstić information content (AvgIpc) is 2.31. The second-order valence-electron chi connectivity index (χ2n) is 3.75. The van der Waals surface area contributed by atoms with Gasteiger partial charge in [-0.15, -0.1) is 0 Å². The highest BCUT2D eigenvalue weighted by Gasteiger charge is 2.09. The van der Waals surface area contributed by atoms with Crippen molar-refractivity contribution in [3.8, 4) is 0 Å². The first-order valence-electron chi connectivity index (χ1n) is 5.39. The van der Waals surface area contributed by atoms with Gasteiger partial charge >= 0.3 is 0 Å². The number of halogens is 1. The molecule has 0 aliphatic heterocycles. The number of hydrogen-bond acceptors (Lipinski definition) is 5. The van der Waals surface area contributed by atoms with Crippen molar-refractivity contribution in [2.75, 3.05) is 25.6 Å². The Kier molecular flexibility index (Phi) is 5.84. The Labute approximate surface area is 110 Å². The van der Waals surface area contributed by atoms with Gasteiger partial charge in [0.15, 0.2) is 0 Å². The van der Waals surface area contributed by atoms with E-state index in [1.165, 1.54) is 19.2 Å². The zero-order valence-corrected chi connectivity index (χ0v) is 10.7. The number of aliphatic hydroxyl groups excluding tert-OH is 1. The van der Waals surface area contributed by atoms with Gasteiger partial charge in [-0.2, -0.15) is 0 Å². The van der Waals surface area contributed by atoms with Crippen LogP contribution in [0.1, 0.15) is 6.42 Å². The summed E-state index contributed by atoms with van der Waals surface area (Å²) in [5, 5.41) is 23.2. The highest BCUT2D eigenvalue weighted by Crippen LogP contribution is 2.26. The third-order valence-electron chi connectivity index (χ3n) is 2.32. The molecule has 0 saturated heterocycles. The van der Waals surface area contributed by atoms with Crippen molar-refractivity contribution in [3.05, 3.63) is 33.3 Å². The molecule has 18 heavy (non-hydrogen) atoms. The lowest BCUT2D eigenvalue weighted by Crippen LogP contribution is -2.18. The van der Waals surface area contributed by atoms with Crippen molar-refractivity contribution in [2.24, 2.45) is 0 Å². The molecule has 0 aliphatic carbocycles. The number of nitrogens with one attached hydrogen (secondary N) is 1. The number of methoxy groups -OCH3 is 1. The number of nitro groups is 1. The molecule has 1 unspecified atom stereocenters. The van der Waals surface area contributed by atoms with E-state index in [1.54, 1.807) is 6.07 Å². The molecule has 0 fully saturated rings. The molecular formula is C11H15ClN2O4. The van der Waals surface area contributed by atoms with Crippen LogP contribution in [0.15, 0.2) is 18.2 Å². The number of non-ortho nitro benzene ring substituents is 1. The van der Waals surface area contributed by atoms with E-state index in [2.05, 4.69) is 5.32 Å². The number of anilines is 1. The zero-order chi connectivity index (χ0) is 13.5. The van der Waals surface area contributed by atoms with E-state index in [4.69, 9.17) is 16.3 Å². The molecule has 0 bridgehead atoms. The fourth-order valence-corrected chi connectivity index (χ4v) is 1.65. The van der Waals surface area contributed by atoms with E-state index >= 15 is 0 Å². The van der Waals surface area contributed by atoms with Crippen LogP contribution >= 0.6 is 11.6 Å². The van der Waals surface area contributed by atoms with E-state index in [1.807, 2.05) is 0 Å².